The number of nitrogens with zero attached hydrogens (tertiary/aromatic N) is 3. The summed E-state index contributed by atoms with van der Waals surface area (Å²) in [6.07, 6.45) is -3.48. The Bertz CT molecular complexity index is 1120. The van der Waals surface area contributed by atoms with E-state index in [9.17, 15) is 18.3 Å². The summed E-state index contributed by atoms with van der Waals surface area (Å²) in [5.41, 5.74) is 1.92. The van der Waals surface area contributed by atoms with Crippen LogP contribution in [0.15, 0.2) is 54.7 Å². The van der Waals surface area contributed by atoms with Gasteiger partial charge in [-0.15, -0.1) is 0 Å². The molecule has 0 amide bonds. The van der Waals surface area contributed by atoms with Crippen molar-refractivity contribution in [2.45, 2.75) is 25.6 Å². The number of aliphatic hydroxyl groups is 1. The summed E-state index contributed by atoms with van der Waals surface area (Å²) < 4.78 is 44.7. The number of morpholine rings is 1. The highest BCUT2D eigenvalue weighted by atomic mass is 19.4. The van der Waals surface area contributed by atoms with Crippen LogP contribution in [0.3, 0.4) is 0 Å². The van der Waals surface area contributed by atoms with E-state index in [1.807, 2.05) is 42.5 Å². The summed E-state index contributed by atoms with van der Waals surface area (Å²) >= 11 is 0. The Morgan fingerprint density at radius 1 is 1.00 bits per heavy atom. The number of alkyl halides is 3. The third-order valence-electron chi connectivity index (χ3n) is 5.40. The molecule has 0 bridgehead atoms. The highest BCUT2D eigenvalue weighted by Crippen LogP contribution is 2.33. The molecule has 1 aliphatic rings. The Kier molecular flexibility index (Phi) is 6.27. The van der Waals surface area contributed by atoms with Gasteiger partial charge in [-0.2, -0.15) is 13.2 Å². The van der Waals surface area contributed by atoms with E-state index in [0.29, 0.717) is 32.0 Å². The molecule has 6 nitrogen and oxygen atoms in total. The smallest absolute Gasteiger partial charge is 0.386 e. The van der Waals surface area contributed by atoms with Crippen LogP contribution in [-0.4, -0.2) is 41.4 Å². The minimum Gasteiger partial charge on any atom is -0.386 e. The predicted molar refractivity (Wildman–Crippen MR) is 120 cm³/mol. The van der Waals surface area contributed by atoms with Crippen LogP contribution in [0.1, 0.15) is 25.1 Å². The van der Waals surface area contributed by atoms with E-state index in [0.717, 1.165) is 34.6 Å². The van der Waals surface area contributed by atoms with Crippen molar-refractivity contribution in [2.24, 2.45) is 0 Å². The number of aromatic nitrogens is 2. The molecule has 2 heterocycles. The molecule has 1 saturated heterocycles. The van der Waals surface area contributed by atoms with Crippen molar-refractivity contribution in [3.63, 3.8) is 0 Å². The number of ether oxygens (including phenoxy) is 1. The molecule has 2 aromatic carbocycles. The lowest BCUT2D eigenvalue weighted by atomic mass is 9.94. The van der Waals surface area contributed by atoms with Gasteiger partial charge in [0.25, 0.3) is 0 Å². The van der Waals surface area contributed by atoms with Gasteiger partial charge in [0, 0.05) is 30.7 Å². The van der Waals surface area contributed by atoms with E-state index in [2.05, 4.69) is 20.2 Å². The van der Waals surface area contributed by atoms with Gasteiger partial charge in [-0.3, -0.25) is 0 Å². The van der Waals surface area contributed by atoms with E-state index in [1.54, 1.807) is 13.8 Å². The van der Waals surface area contributed by atoms with Crippen LogP contribution in [0.5, 0.6) is 0 Å². The fourth-order valence-corrected chi connectivity index (χ4v) is 3.64. The zero-order valence-electron chi connectivity index (χ0n) is 18.4. The van der Waals surface area contributed by atoms with E-state index in [4.69, 9.17) is 4.74 Å². The van der Waals surface area contributed by atoms with Crippen LogP contribution >= 0.6 is 0 Å². The zero-order valence-corrected chi connectivity index (χ0v) is 18.4. The van der Waals surface area contributed by atoms with E-state index < -0.39 is 17.5 Å². The van der Waals surface area contributed by atoms with Gasteiger partial charge in [-0.25, -0.2) is 9.97 Å². The molecular formula is C24H25F3N4O2. The number of hydrogen-bond donors (Lipinski definition) is 2. The maximum absolute atomic E-state index is 13.1. The Hall–Kier alpha value is -3.17. The lowest BCUT2D eigenvalue weighted by Gasteiger charge is -2.29. The van der Waals surface area contributed by atoms with Crippen LogP contribution in [0.25, 0.3) is 11.1 Å². The summed E-state index contributed by atoms with van der Waals surface area (Å²) in [5.74, 6) is -0.139. The molecule has 0 radical (unpaired) electrons. The van der Waals surface area contributed by atoms with Crippen molar-refractivity contribution >= 4 is 17.3 Å². The molecule has 0 atom stereocenters. The van der Waals surface area contributed by atoms with Crippen LogP contribution in [0, 0.1) is 0 Å². The largest absolute Gasteiger partial charge is 0.433 e. The monoisotopic (exact) mass is 458 g/mol. The Morgan fingerprint density at radius 2 is 1.76 bits per heavy atom. The van der Waals surface area contributed by atoms with Crippen molar-refractivity contribution in [3.05, 3.63) is 66.0 Å². The highest BCUT2D eigenvalue weighted by molar-refractivity contribution is 5.76. The summed E-state index contributed by atoms with van der Waals surface area (Å²) in [5, 5.41) is 13.3. The van der Waals surface area contributed by atoms with E-state index in [-0.39, 0.29) is 5.95 Å². The second kappa shape index (κ2) is 8.99. The summed E-state index contributed by atoms with van der Waals surface area (Å²) in [7, 11) is 0. The second-order valence-electron chi connectivity index (χ2n) is 8.40. The fourth-order valence-electron chi connectivity index (χ4n) is 3.64. The number of rotatable bonds is 5. The molecule has 0 saturated carbocycles. The lowest BCUT2D eigenvalue weighted by Crippen LogP contribution is -2.36. The van der Waals surface area contributed by atoms with Crippen molar-refractivity contribution in [1.82, 2.24) is 9.97 Å². The van der Waals surface area contributed by atoms with Gasteiger partial charge in [0.1, 0.15) is 5.69 Å². The molecule has 1 aromatic heterocycles. The molecule has 0 spiro atoms. The maximum Gasteiger partial charge on any atom is 0.433 e. The maximum atomic E-state index is 13.1. The average Bonchev–Trinajstić information content (AvgIpc) is 2.79. The number of hydrogen-bond acceptors (Lipinski definition) is 6. The first-order valence-corrected chi connectivity index (χ1v) is 10.6. The number of halogens is 3. The van der Waals surface area contributed by atoms with E-state index in [1.165, 1.54) is 0 Å². The molecule has 3 aromatic rings. The lowest BCUT2D eigenvalue weighted by molar-refractivity contribution is -0.141. The molecule has 0 unspecified atom stereocenters. The first-order valence-electron chi connectivity index (χ1n) is 10.6. The van der Waals surface area contributed by atoms with Gasteiger partial charge in [-0.1, -0.05) is 18.2 Å². The average molecular weight is 458 g/mol. The number of anilines is 3. The van der Waals surface area contributed by atoms with Gasteiger partial charge in [0.05, 0.1) is 18.8 Å². The SMILES string of the molecule is CC(C)(O)c1cccc(-c2cc(Nc3nccc(C(F)(F)F)n3)cc(N3CCOCC3)c2)c1. The molecule has 4 rings (SSSR count). The molecule has 0 aliphatic carbocycles. The van der Waals surface area contributed by atoms with Gasteiger partial charge in [-0.05, 0) is 60.9 Å². The van der Waals surface area contributed by atoms with Gasteiger partial charge >= 0.3 is 6.18 Å². The minimum atomic E-state index is -4.56. The summed E-state index contributed by atoms with van der Waals surface area (Å²) in [4.78, 5) is 9.72. The van der Waals surface area contributed by atoms with Gasteiger partial charge in [0.15, 0.2) is 0 Å². The Balaban J connectivity index is 1.74. The topological polar surface area (TPSA) is 70.5 Å². The molecule has 9 heteroatoms. The van der Waals surface area contributed by atoms with Crippen molar-refractivity contribution in [3.8, 4) is 11.1 Å². The zero-order chi connectivity index (χ0) is 23.6. The predicted octanol–water partition coefficient (Wildman–Crippen LogP) is 4.97. The molecule has 1 fully saturated rings. The quantitative estimate of drug-likeness (QED) is 0.563. The van der Waals surface area contributed by atoms with Crippen LogP contribution in [0.4, 0.5) is 30.5 Å². The Labute approximate surface area is 190 Å². The molecule has 33 heavy (non-hydrogen) atoms. The fraction of sp³-hybridized carbons (Fsp3) is 0.333. The van der Waals surface area contributed by atoms with Crippen LogP contribution in [0.2, 0.25) is 0 Å². The standard InChI is InChI=1S/C24H25F3N4O2/c1-23(2,32)18-5-3-4-16(12-18)17-13-19(15-20(14-17)31-8-10-33-11-9-31)29-22-28-7-6-21(30-22)24(25,26)27/h3-7,12-15,32H,8-11H2,1-2H3,(H,28,29,30). The van der Waals surface area contributed by atoms with Crippen molar-refractivity contribution in [2.75, 3.05) is 36.5 Å². The number of nitrogens with one attached hydrogen (secondary N) is 1. The van der Waals surface area contributed by atoms with Crippen molar-refractivity contribution in [1.29, 1.82) is 0 Å². The Morgan fingerprint density at radius 3 is 2.45 bits per heavy atom. The highest BCUT2D eigenvalue weighted by Gasteiger charge is 2.32. The first-order chi connectivity index (χ1) is 15.6. The summed E-state index contributed by atoms with van der Waals surface area (Å²) in [6.45, 7) is 6.03. The third kappa shape index (κ3) is 5.61. The third-order valence-corrected chi connectivity index (χ3v) is 5.40. The van der Waals surface area contributed by atoms with Crippen LogP contribution in [-0.2, 0) is 16.5 Å². The molecule has 2 N–H and O–H groups in total. The first kappa shape index (κ1) is 23.0. The second-order valence-corrected chi connectivity index (χ2v) is 8.40. The van der Waals surface area contributed by atoms with Gasteiger partial charge in [0.2, 0.25) is 5.95 Å². The van der Waals surface area contributed by atoms with Crippen molar-refractivity contribution < 1.29 is 23.0 Å². The normalized spacial score (nSPS) is 14.9. The minimum absolute atomic E-state index is 0.139. The molecule has 1 aliphatic heterocycles. The van der Waals surface area contributed by atoms with Gasteiger partial charge < -0.3 is 20.1 Å². The van der Waals surface area contributed by atoms with E-state index >= 15 is 0 Å². The van der Waals surface area contributed by atoms with Crippen LogP contribution < -0.4 is 10.2 Å². The molecular weight excluding hydrogens is 433 g/mol. The number of benzene rings is 2. The molecule has 174 valence electrons. The summed E-state index contributed by atoms with van der Waals surface area (Å²) in [6, 6.07) is 14.1.